The van der Waals surface area contributed by atoms with Crippen LogP contribution in [-0.2, 0) is 14.6 Å². The summed E-state index contributed by atoms with van der Waals surface area (Å²) in [4.78, 5) is 22.3. The van der Waals surface area contributed by atoms with Gasteiger partial charge in [0.25, 0.3) is 5.91 Å². The second kappa shape index (κ2) is 11.0. The molecule has 1 aliphatic heterocycles. The number of hydrogen-bond donors (Lipinski definition) is 0. The smallest absolute Gasteiger partial charge is 0.261 e. The van der Waals surface area contributed by atoms with E-state index in [1.807, 2.05) is 0 Å². The quantitative estimate of drug-likeness (QED) is 0.418. The normalized spacial score (nSPS) is 14.8. The molecule has 0 unspecified atom stereocenters. The lowest BCUT2D eigenvalue weighted by Gasteiger charge is -2.29. The predicted molar refractivity (Wildman–Crippen MR) is 138 cm³/mol. The number of benzene rings is 2. The van der Waals surface area contributed by atoms with E-state index in [1.54, 1.807) is 35.2 Å². The Kier molecular flexibility index (Phi) is 8.77. The molecular formula is C21H22BrCl2N3O4S2. The Morgan fingerprint density at radius 2 is 1.97 bits per heavy atom. The highest BCUT2D eigenvalue weighted by Gasteiger charge is 2.25. The number of amides is 1. The maximum Gasteiger partial charge on any atom is 0.261 e. The average molecular weight is 595 g/mol. The zero-order chi connectivity index (χ0) is 22.9. The summed E-state index contributed by atoms with van der Waals surface area (Å²) in [5.74, 6) is -0.257. The number of thiazole rings is 1. The third-order valence-corrected chi connectivity index (χ3v) is 8.13. The molecule has 33 heavy (non-hydrogen) atoms. The van der Waals surface area contributed by atoms with Crippen molar-refractivity contribution in [1.82, 2.24) is 9.88 Å². The third kappa shape index (κ3) is 6.25. The number of ether oxygens (including phenoxy) is 1. The zero-order valence-corrected chi connectivity index (χ0v) is 22.5. The zero-order valence-electron chi connectivity index (χ0n) is 17.7. The molecule has 1 saturated heterocycles. The Labute approximate surface area is 216 Å². The molecule has 0 saturated carbocycles. The summed E-state index contributed by atoms with van der Waals surface area (Å²) < 4.78 is 30.7. The number of morpholine rings is 1. The van der Waals surface area contributed by atoms with E-state index in [0.29, 0.717) is 52.2 Å². The van der Waals surface area contributed by atoms with Crippen LogP contribution in [0.4, 0.5) is 5.13 Å². The monoisotopic (exact) mass is 593 g/mol. The van der Waals surface area contributed by atoms with Gasteiger partial charge >= 0.3 is 0 Å². The van der Waals surface area contributed by atoms with Crippen molar-refractivity contribution >= 4 is 82.4 Å². The summed E-state index contributed by atoms with van der Waals surface area (Å²) in [6.07, 6.45) is 1.17. The van der Waals surface area contributed by atoms with Gasteiger partial charge in [-0.1, -0.05) is 38.9 Å². The molecule has 1 aromatic heterocycles. The minimum absolute atomic E-state index is 0. The minimum atomic E-state index is -3.34. The summed E-state index contributed by atoms with van der Waals surface area (Å²) in [7, 11) is -3.34. The first kappa shape index (κ1) is 26.3. The molecule has 1 amide bonds. The van der Waals surface area contributed by atoms with E-state index in [9.17, 15) is 13.2 Å². The highest BCUT2D eigenvalue weighted by molar-refractivity contribution is 9.10. The highest BCUT2D eigenvalue weighted by Crippen LogP contribution is 2.32. The number of anilines is 1. The van der Waals surface area contributed by atoms with E-state index in [1.165, 1.54) is 23.7 Å². The van der Waals surface area contributed by atoms with Crippen molar-refractivity contribution in [3.63, 3.8) is 0 Å². The predicted octanol–water partition coefficient (Wildman–Crippen LogP) is 4.52. The minimum Gasteiger partial charge on any atom is -0.379 e. The van der Waals surface area contributed by atoms with Crippen LogP contribution >= 0.6 is 51.3 Å². The molecule has 1 aliphatic rings. The summed E-state index contributed by atoms with van der Waals surface area (Å²) in [5.41, 5.74) is 1.01. The van der Waals surface area contributed by atoms with Crippen LogP contribution in [0.1, 0.15) is 10.4 Å². The van der Waals surface area contributed by atoms with Crippen LogP contribution in [0, 0.1) is 0 Å². The number of fused-ring (bicyclic) bond motifs is 1. The van der Waals surface area contributed by atoms with Crippen LogP contribution in [0.2, 0.25) is 5.02 Å². The molecule has 0 aliphatic carbocycles. The second-order valence-electron chi connectivity index (χ2n) is 7.43. The van der Waals surface area contributed by atoms with Crippen LogP contribution in [0.3, 0.4) is 0 Å². The van der Waals surface area contributed by atoms with Gasteiger partial charge in [0.15, 0.2) is 15.0 Å². The lowest BCUT2D eigenvalue weighted by atomic mass is 10.2. The number of halogens is 3. The molecule has 0 N–H and O–H groups in total. The van der Waals surface area contributed by atoms with Crippen LogP contribution < -0.4 is 4.90 Å². The molecule has 2 heterocycles. The van der Waals surface area contributed by atoms with Gasteiger partial charge in [-0.25, -0.2) is 13.4 Å². The van der Waals surface area contributed by atoms with Crippen molar-refractivity contribution in [2.75, 3.05) is 50.5 Å². The number of rotatable bonds is 6. The van der Waals surface area contributed by atoms with Gasteiger partial charge in [0.05, 0.1) is 38.9 Å². The van der Waals surface area contributed by atoms with E-state index in [2.05, 4.69) is 25.8 Å². The van der Waals surface area contributed by atoms with Gasteiger partial charge in [-0.2, -0.15) is 0 Å². The number of nitrogens with zero attached hydrogens (tertiary/aromatic N) is 3. The fourth-order valence-corrected chi connectivity index (χ4v) is 5.71. The number of carbonyl (C=O) groups excluding carboxylic acids is 1. The lowest BCUT2D eigenvalue weighted by Crippen LogP contribution is -2.43. The molecule has 178 valence electrons. The Bertz CT molecular complexity index is 1260. The van der Waals surface area contributed by atoms with Crippen LogP contribution in [-0.4, -0.2) is 69.9 Å². The molecular weight excluding hydrogens is 573 g/mol. The topological polar surface area (TPSA) is 79.8 Å². The summed E-state index contributed by atoms with van der Waals surface area (Å²) in [6, 6.07) is 9.95. The molecule has 12 heteroatoms. The first-order chi connectivity index (χ1) is 15.2. The second-order valence-corrected chi connectivity index (χ2v) is 11.8. The Hall–Kier alpha value is -1.27. The van der Waals surface area contributed by atoms with Gasteiger partial charge in [-0.3, -0.25) is 14.6 Å². The van der Waals surface area contributed by atoms with Crippen molar-refractivity contribution in [2.24, 2.45) is 0 Å². The van der Waals surface area contributed by atoms with E-state index in [-0.39, 0.29) is 23.2 Å². The molecule has 0 spiro atoms. The molecule has 4 rings (SSSR count). The Balaban J connectivity index is 0.00000306. The molecule has 0 radical (unpaired) electrons. The maximum atomic E-state index is 13.5. The van der Waals surface area contributed by atoms with Crippen molar-refractivity contribution in [3.05, 3.63) is 51.5 Å². The van der Waals surface area contributed by atoms with E-state index in [4.69, 9.17) is 16.3 Å². The number of sulfone groups is 1. The van der Waals surface area contributed by atoms with E-state index < -0.39 is 9.84 Å². The van der Waals surface area contributed by atoms with Gasteiger partial charge in [-0.15, -0.1) is 12.4 Å². The molecule has 1 fully saturated rings. The first-order valence-corrected chi connectivity index (χ1v) is 13.8. The molecule has 3 aromatic rings. The molecule has 2 aromatic carbocycles. The standard InChI is InChI=1S/C21H21BrClN3O4S2.ClH/c1-32(28,29)15-3-5-18-19(13-15)31-21(24-18)26(7-6-25-8-10-30-11-9-25)20(27)16-12-14(22)2-4-17(16)23;/h2-5,12-13H,6-11H2,1H3;1H. The van der Waals surface area contributed by atoms with Crippen LogP contribution in [0.5, 0.6) is 0 Å². The van der Waals surface area contributed by atoms with Gasteiger partial charge < -0.3 is 4.74 Å². The van der Waals surface area contributed by atoms with E-state index in [0.717, 1.165) is 17.6 Å². The van der Waals surface area contributed by atoms with Gasteiger partial charge in [0.1, 0.15) is 0 Å². The lowest BCUT2D eigenvalue weighted by molar-refractivity contribution is 0.0391. The molecule has 0 bridgehead atoms. The summed E-state index contributed by atoms with van der Waals surface area (Å²) >= 11 is 11.0. The molecule has 7 nitrogen and oxygen atoms in total. The highest BCUT2D eigenvalue weighted by atomic mass is 79.9. The van der Waals surface area contributed by atoms with Crippen LogP contribution in [0.15, 0.2) is 45.8 Å². The molecule has 0 atom stereocenters. The Morgan fingerprint density at radius 3 is 2.67 bits per heavy atom. The first-order valence-electron chi connectivity index (χ1n) is 9.90. The summed E-state index contributed by atoms with van der Waals surface area (Å²) in [6.45, 7) is 4.02. The van der Waals surface area contributed by atoms with Crippen molar-refractivity contribution < 1.29 is 17.9 Å². The fourth-order valence-electron chi connectivity index (χ4n) is 3.40. The van der Waals surface area contributed by atoms with Crippen molar-refractivity contribution in [2.45, 2.75) is 4.90 Å². The average Bonchev–Trinajstić information content (AvgIpc) is 3.18. The van der Waals surface area contributed by atoms with Crippen LogP contribution in [0.25, 0.3) is 10.2 Å². The fraction of sp³-hybridized carbons (Fsp3) is 0.333. The van der Waals surface area contributed by atoms with E-state index >= 15 is 0 Å². The number of carbonyl (C=O) groups is 1. The van der Waals surface area contributed by atoms with Crippen molar-refractivity contribution in [3.8, 4) is 0 Å². The Morgan fingerprint density at radius 1 is 1.24 bits per heavy atom. The van der Waals surface area contributed by atoms with Crippen molar-refractivity contribution in [1.29, 1.82) is 0 Å². The number of aromatic nitrogens is 1. The number of hydrogen-bond acceptors (Lipinski definition) is 7. The SMILES string of the molecule is CS(=O)(=O)c1ccc2nc(N(CCN3CCOCC3)C(=O)c3cc(Br)ccc3Cl)sc2c1.Cl. The third-order valence-electron chi connectivity index (χ3n) is 5.16. The largest absolute Gasteiger partial charge is 0.379 e. The maximum absolute atomic E-state index is 13.5. The van der Waals surface area contributed by atoms with Gasteiger partial charge in [0, 0.05) is 36.9 Å². The summed E-state index contributed by atoms with van der Waals surface area (Å²) in [5, 5.41) is 0.856. The van der Waals surface area contributed by atoms with Gasteiger partial charge in [-0.05, 0) is 36.4 Å². The van der Waals surface area contributed by atoms with Gasteiger partial charge in [0.2, 0.25) is 0 Å².